The molecule has 4 nitrogen and oxygen atoms in total. The molecule has 0 saturated carbocycles. The Morgan fingerprint density at radius 3 is 2.46 bits per heavy atom. The summed E-state index contributed by atoms with van der Waals surface area (Å²) < 4.78 is 43.5. The van der Waals surface area contributed by atoms with Gasteiger partial charge in [-0.3, -0.25) is 4.79 Å². The number of carbonyl (C=O) groups is 1. The Bertz CT molecular complexity index is 750. The van der Waals surface area contributed by atoms with E-state index < -0.39 is 23.8 Å². The number of aliphatic hydroxyl groups excluding tert-OH is 1. The Hall–Kier alpha value is -2.28. The molecule has 0 aliphatic heterocycles. The standard InChI is InChI=1S/C17H18F3NO3/c1-9-10(2)24-11(3)15(9)16(23)21-8-14(22)12-5-4-6-13(7-12)17(18,19)20/h4-7,14,22H,8H2,1-3H3,(H,21,23). The highest BCUT2D eigenvalue weighted by molar-refractivity contribution is 5.96. The second-order valence-corrected chi connectivity index (χ2v) is 5.56. The van der Waals surface area contributed by atoms with Crippen LogP contribution >= 0.6 is 0 Å². The van der Waals surface area contributed by atoms with Gasteiger partial charge in [0.15, 0.2) is 0 Å². The van der Waals surface area contributed by atoms with Crippen molar-refractivity contribution in [2.24, 2.45) is 0 Å². The van der Waals surface area contributed by atoms with Gasteiger partial charge in [0.2, 0.25) is 0 Å². The van der Waals surface area contributed by atoms with E-state index in [0.29, 0.717) is 22.6 Å². The van der Waals surface area contributed by atoms with Crippen LogP contribution < -0.4 is 5.32 Å². The van der Waals surface area contributed by atoms with Crippen molar-refractivity contribution in [2.75, 3.05) is 6.54 Å². The molecule has 1 aromatic heterocycles. The lowest BCUT2D eigenvalue weighted by atomic mass is 10.1. The van der Waals surface area contributed by atoms with E-state index in [1.54, 1.807) is 20.8 Å². The summed E-state index contributed by atoms with van der Waals surface area (Å²) in [6.45, 7) is 4.92. The molecule has 0 radical (unpaired) electrons. The molecule has 0 aliphatic carbocycles. The predicted octanol–water partition coefficient (Wildman–Crippen LogP) is 3.69. The zero-order valence-corrected chi connectivity index (χ0v) is 13.5. The van der Waals surface area contributed by atoms with Crippen molar-refractivity contribution >= 4 is 5.91 Å². The number of alkyl halides is 3. The van der Waals surface area contributed by atoms with Crippen LogP contribution in [0.25, 0.3) is 0 Å². The second-order valence-electron chi connectivity index (χ2n) is 5.56. The second kappa shape index (κ2) is 6.68. The van der Waals surface area contributed by atoms with Gasteiger partial charge in [-0.25, -0.2) is 0 Å². The van der Waals surface area contributed by atoms with E-state index in [-0.39, 0.29) is 12.1 Å². The van der Waals surface area contributed by atoms with Gasteiger partial charge in [-0.2, -0.15) is 13.2 Å². The quantitative estimate of drug-likeness (QED) is 0.892. The van der Waals surface area contributed by atoms with E-state index >= 15 is 0 Å². The number of hydrogen-bond donors (Lipinski definition) is 2. The Morgan fingerprint density at radius 2 is 1.92 bits per heavy atom. The van der Waals surface area contributed by atoms with Gasteiger partial charge in [-0.05, 0) is 38.5 Å². The molecular formula is C17H18F3NO3. The molecule has 0 aliphatic rings. The smallest absolute Gasteiger partial charge is 0.416 e. The van der Waals surface area contributed by atoms with Crippen LogP contribution in [0.15, 0.2) is 28.7 Å². The summed E-state index contributed by atoms with van der Waals surface area (Å²) in [5, 5.41) is 12.6. The van der Waals surface area contributed by atoms with Crippen molar-refractivity contribution in [1.82, 2.24) is 5.32 Å². The van der Waals surface area contributed by atoms with Gasteiger partial charge in [-0.1, -0.05) is 12.1 Å². The van der Waals surface area contributed by atoms with Crippen LogP contribution in [0, 0.1) is 20.8 Å². The van der Waals surface area contributed by atoms with Crippen LogP contribution in [0.4, 0.5) is 13.2 Å². The number of aryl methyl sites for hydroxylation is 2. The lowest BCUT2D eigenvalue weighted by molar-refractivity contribution is -0.137. The van der Waals surface area contributed by atoms with E-state index in [9.17, 15) is 23.1 Å². The van der Waals surface area contributed by atoms with E-state index in [1.165, 1.54) is 12.1 Å². The fraction of sp³-hybridized carbons (Fsp3) is 0.353. The van der Waals surface area contributed by atoms with Gasteiger partial charge < -0.3 is 14.8 Å². The van der Waals surface area contributed by atoms with Crippen molar-refractivity contribution < 1.29 is 27.5 Å². The van der Waals surface area contributed by atoms with Crippen molar-refractivity contribution in [3.05, 3.63) is 58.0 Å². The fourth-order valence-corrected chi connectivity index (χ4v) is 2.45. The van der Waals surface area contributed by atoms with Crippen LogP contribution in [0.3, 0.4) is 0 Å². The van der Waals surface area contributed by atoms with E-state index in [0.717, 1.165) is 12.1 Å². The normalized spacial score (nSPS) is 13.0. The maximum atomic E-state index is 12.7. The number of rotatable bonds is 4. The lowest BCUT2D eigenvalue weighted by Crippen LogP contribution is -2.29. The zero-order chi connectivity index (χ0) is 18.1. The highest BCUT2D eigenvalue weighted by Gasteiger charge is 2.31. The first-order chi connectivity index (χ1) is 11.1. The molecule has 0 saturated heterocycles. The van der Waals surface area contributed by atoms with Crippen molar-refractivity contribution in [3.63, 3.8) is 0 Å². The van der Waals surface area contributed by atoms with E-state index in [1.807, 2.05) is 0 Å². The largest absolute Gasteiger partial charge is 0.466 e. The molecule has 2 aromatic rings. The summed E-state index contributed by atoms with van der Waals surface area (Å²) in [4.78, 5) is 12.2. The van der Waals surface area contributed by atoms with Crippen molar-refractivity contribution in [2.45, 2.75) is 33.1 Å². The molecule has 130 valence electrons. The zero-order valence-electron chi connectivity index (χ0n) is 13.5. The van der Waals surface area contributed by atoms with E-state index in [2.05, 4.69) is 5.32 Å². The first kappa shape index (κ1) is 18.1. The lowest BCUT2D eigenvalue weighted by Gasteiger charge is -2.14. The average Bonchev–Trinajstić information content (AvgIpc) is 2.76. The number of hydrogen-bond acceptors (Lipinski definition) is 3. The number of nitrogens with one attached hydrogen (secondary N) is 1. The highest BCUT2D eigenvalue weighted by Crippen LogP contribution is 2.30. The SMILES string of the molecule is Cc1oc(C)c(C(=O)NCC(O)c2cccc(C(F)(F)F)c2)c1C. The summed E-state index contributed by atoms with van der Waals surface area (Å²) in [6, 6.07) is 4.40. The van der Waals surface area contributed by atoms with Crippen LogP contribution in [-0.2, 0) is 6.18 Å². The first-order valence-electron chi connectivity index (χ1n) is 7.31. The maximum Gasteiger partial charge on any atom is 0.416 e. The average molecular weight is 341 g/mol. The topological polar surface area (TPSA) is 62.5 Å². The van der Waals surface area contributed by atoms with Crippen molar-refractivity contribution in [3.8, 4) is 0 Å². The van der Waals surface area contributed by atoms with Crippen LogP contribution in [0.2, 0.25) is 0 Å². The number of furan rings is 1. The number of benzene rings is 1. The summed E-state index contributed by atoms with van der Waals surface area (Å²) in [5.74, 6) is 0.639. The molecule has 1 unspecified atom stereocenters. The maximum absolute atomic E-state index is 12.7. The summed E-state index contributed by atoms with van der Waals surface area (Å²) >= 11 is 0. The summed E-state index contributed by atoms with van der Waals surface area (Å²) in [6.07, 6.45) is -5.73. The third-order valence-corrected chi connectivity index (χ3v) is 3.84. The van der Waals surface area contributed by atoms with Crippen LogP contribution in [-0.4, -0.2) is 17.6 Å². The van der Waals surface area contributed by atoms with E-state index in [4.69, 9.17) is 4.42 Å². The molecule has 2 N–H and O–H groups in total. The molecule has 7 heteroatoms. The Morgan fingerprint density at radius 1 is 1.25 bits per heavy atom. The minimum absolute atomic E-state index is 0.0851. The molecule has 1 aromatic carbocycles. The van der Waals surface area contributed by atoms with Gasteiger partial charge in [0, 0.05) is 12.1 Å². The third kappa shape index (κ3) is 3.79. The van der Waals surface area contributed by atoms with Gasteiger partial charge in [0.1, 0.15) is 11.5 Å². The van der Waals surface area contributed by atoms with Crippen molar-refractivity contribution in [1.29, 1.82) is 0 Å². The number of halogens is 3. The Labute approximate surface area is 137 Å². The Balaban J connectivity index is 2.08. The third-order valence-electron chi connectivity index (χ3n) is 3.84. The molecule has 0 bridgehead atoms. The molecular weight excluding hydrogens is 323 g/mol. The number of aliphatic hydroxyl groups is 1. The van der Waals surface area contributed by atoms with Crippen LogP contribution in [0.1, 0.15) is 44.7 Å². The first-order valence-corrected chi connectivity index (χ1v) is 7.31. The van der Waals surface area contributed by atoms with Crippen LogP contribution in [0.5, 0.6) is 0 Å². The molecule has 2 rings (SSSR count). The monoisotopic (exact) mass is 341 g/mol. The molecule has 1 amide bonds. The molecule has 24 heavy (non-hydrogen) atoms. The minimum atomic E-state index is -4.48. The number of amides is 1. The Kier molecular flexibility index (Phi) is 5.03. The molecule has 1 atom stereocenters. The number of carbonyl (C=O) groups excluding carboxylic acids is 1. The van der Waals surface area contributed by atoms with Gasteiger partial charge in [-0.15, -0.1) is 0 Å². The summed E-state index contributed by atoms with van der Waals surface area (Å²) in [5.41, 5.74) is 0.312. The summed E-state index contributed by atoms with van der Waals surface area (Å²) in [7, 11) is 0. The molecule has 0 fully saturated rings. The minimum Gasteiger partial charge on any atom is -0.466 e. The fourth-order valence-electron chi connectivity index (χ4n) is 2.45. The predicted molar refractivity (Wildman–Crippen MR) is 81.7 cm³/mol. The molecule has 0 spiro atoms. The van der Waals surface area contributed by atoms with Gasteiger partial charge in [0.05, 0.1) is 17.2 Å². The van der Waals surface area contributed by atoms with Gasteiger partial charge in [0.25, 0.3) is 5.91 Å². The molecule has 1 heterocycles. The van der Waals surface area contributed by atoms with Gasteiger partial charge >= 0.3 is 6.18 Å². The highest BCUT2D eigenvalue weighted by atomic mass is 19.4.